The average molecular weight is 322 g/mol. The first-order chi connectivity index (χ1) is 10.4. The molecule has 0 saturated heterocycles. The molecule has 22 heavy (non-hydrogen) atoms. The van der Waals surface area contributed by atoms with Crippen molar-refractivity contribution >= 4 is 9.84 Å². The Morgan fingerprint density at radius 1 is 1.32 bits per heavy atom. The van der Waals surface area contributed by atoms with Crippen LogP contribution in [-0.4, -0.2) is 18.6 Å². The molecule has 0 N–H and O–H groups in total. The molecule has 0 aliphatic heterocycles. The quantitative estimate of drug-likeness (QED) is 0.781. The Bertz CT molecular complexity index is 722. The summed E-state index contributed by atoms with van der Waals surface area (Å²) >= 11 is 0. The highest BCUT2D eigenvalue weighted by atomic mass is 32.2. The molecule has 6 heteroatoms. The number of benzene rings is 1. The van der Waals surface area contributed by atoms with Gasteiger partial charge in [0.25, 0.3) is 0 Å². The fourth-order valence-corrected chi connectivity index (χ4v) is 3.48. The van der Waals surface area contributed by atoms with Crippen molar-refractivity contribution < 1.29 is 12.9 Å². The van der Waals surface area contributed by atoms with Crippen LogP contribution >= 0.6 is 0 Å². The Morgan fingerprint density at radius 3 is 2.77 bits per heavy atom. The molecular formula is C16H22N2O3S. The minimum Gasteiger partial charge on any atom is -0.338 e. The van der Waals surface area contributed by atoms with E-state index in [-0.39, 0.29) is 11.6 Å². The van der Waals surface area contributed by atoms with Gasteiger partial charge in [0.1, 0.15) is 5.25 Å². The van der Waals surface area contributed by atoms with Gasteiger partial charge in [-0.25, -0.2) is 8.42 Å². The third-order valence-electron chi connectivity index (χ3n) is 3.57. The molecule has 0 fully saturated rings. The first-order valence-corrected chi connectivity index (χ1v) is 9.23. The molecule has 1 aromatic heterocycles. The molecule has 120 valence electrons. The van der Waals surface area contributed by atoms with Crippen LogP contribution in [0.5, 0.6) is 0 Å². The molecule has 0 radical (unpaired) electrons. The smallest absolute Gasteiger partial charge is 0.244 e. The lowest BCUT2D eigenvalue weighted by molar-refractivity contribution is 0.370. The van der Waals surface area contributed by atoms with Gasteiger partial charge in [0.05, 0.1) is 5.75 Å². The second-order valence-corrected chi connectivity index (χ2v) is 7.91. The molecule has 1 atom stereocenters. The minimum absolute atomic E-state index is 0.0253. The standard InChI is InChI=1S/C16H22N2O3S/c1-4-5-9-15-17-16(21-18-15)13(3)22(19,20)11-14-8-6-7-12(2)10-14/h6-8,10,13H,4-5,9,11H2,1-3H3. The first-order valence-electron chi connectivity index (χ1n) is 7.52. The summed E-state index contributed by atoms with van der Waals surface area (Å²) < 4.78 is 30.1. The van der Waals surface area contributed by atoms with Gasteiger partial charge in [-0.1, -0.05) is 48.3 Å². The molecule has 5 nitrogen and oxygen atoms in total. The molecule has 0 spiro atoms. The summed E-state index contributed by atoms with van der Waals surface area (Å²) in [6.07, 6.45) is 2.71. The van der Waals surface area contributed by atoms with Gasteiger partial charge in [0, 0.05) is 6.42 Å². The Kier molecular flexibility index (Phi) is 5.34. The van der Waals surface area contributed by atoms with E-state index in [0.717, 1.165) is 24.0 Å². The lowest BCUT2D eigenvalue weighted by atomic mass is 10.2. The summed E-state index contributed by atoms with van der Waals surface area (Å²) in [5, 5.41) is 3.06. The van der Waals surface area contributed by atoms with E-state index in [4.69, 9.17) is 4.52 Å². The van der Waals surface area contributed by atoms with Crippen molar-refractivity contribution in [2.75, 3.05) is 0 Å². The largest absolute Gasteiger partial charge is 0.338 e. The van der Waals surface area contributed by atoms with Crippen LogP contribution in [0.25, 0.3) is 0 Å². The van der Waals surface area contributed by atoms with E-state index in [9.17, 15) is 8.42 Å². The van der Waals surface area contributed by atoms with Crippen molar-refractivity contribution in [2.24, 2.45) is 0 Å². The molecule has 2 rings (SSSR count). The Labute approximate surface area is 131 Å². The maximum Gasteiger partial charge on any atom is 0.244 e. The number of sulfone groups is 1. The van der Waals surface area contributed by atoms with Gasteiger partial charge in [0.2, 0.25) is 5.89 Å². The summed E-state index contributed by atoms with van der Waals surface area (Å²) in [5.41, 5.74) is 1.82. The van der Waals surface area contributed by atoms with E-state index < -0.39 is 15.1 Å². The molecule has 1 heterocycles. The van der Waals surface area contributed by atoms with E-state index in [1.807, 2.05) is 31.2 Å². The zero-order valence-electron chi connectivity index (χ0n) is 13.2. The van der Waals surface area contributed by atoms with E-state index in [1.54, 1.807) is 6.92 Å². The number of nitrogens with zero attached hydrogens (tertiary/aromatic N) is 2. The Hall–Kier alpha value is -1.69. The fourth-order valence-electron chi connectivity index (χ4n) is 2.18. The van der Waals surface area contributed by atoms with Crippen molar-refractivity contribution in [1.82, 2.24) is 10.1 Å². The fraction of sp³-hybridized carbons (Fsp3) is 0.500. The van der Waals surface area contributed by atoms with Gasteiger partial charge in [-0.3, -0.25) is 0 Å². The predicted molar refractivity (Wildman–Crippen MR) is 85.1 cm³/mol. The lowest BCUT2D eigenvalue weighted by Gasteiger charge is -2.09. The number of aryl methyl sites for hydroxylation is 2. The zero-order valence-corrected chi connectivity index (χ0v) is 14.1. The maximum atomic E-state index is 12.5. The summed E-state index contributed by atoms with van der Waals surface area (Å²) in [4.78, 5) is 4.22. The second-order valence-electron chi connectivity index (χ2n) is 5.59. The van der Waals surface area contributed by atoms with Gasteiger partial charge < -0.3 is 4.52 Å². The maximum absolute atomic E-state index is 12.5. The number of aromatic nitrogens is 2. The van der Waals surface area contributed by atoms with Crippen LogP contribution in [0.1, 0.15) is 54.8 Å². The summed E-state index contributed by atoms with van der Waals surface area (Å²) in [6, 6.07) is 7.50. The van der Waals surface area contributed by atoms with Crippen molar-refractivity contribution in [3.8, 4) is 0 Å². The third kappa shape index (κ3) is 4.16. The molecule has 0 aliphatic rings. The highest BCUT2D eigenvalue weighted by Crippen LogP contribution is 2.24. The normalized spacial score (nSPS) is 13.2. The van der Waals surface area contributed by atoms with Crippen molar-refractivity contribution in [3.63, 3.8) is 0 Å². The monoisotopic (exact) mass is 322 g/mol. The van der Waals surface area contributed by atoms with Gasteiger partial charge in [-0.15, -0.1) is 0 Å². The van der Waals surface area contributed by atoms with Gasteiger partial charge >= 0.3 is 0 Å². The SMILES string of the molecule is CCCCc1noc(C(C)S(=O)(=O)Cc2cccc(C)c2)n1. The summed E-state index contributed by atoms with van der Waals surface area (Å²) in [7, 11) is -3.39. The van der Waals surface area contributed by atoms with E-state index in [2.05, 4.69) is 17.1 Å². The molecule has 0 bridgehead atoms. The second kappa shape index (κ2) is 7.05. The average Bonchev–Trinajstić information content (AvgIpc) is 2.92. The molecule has 0 saturated carbocycles. The number of unbranched alkanes of at least 4 members (excludes halogenated alkanes) is 1. The predicted octanol–water partition coefficient (Wildman–Crippen LogP) is 3.40. The van der Waals surface area contributed by atoms with Crippen LogP contribution in [0.2, 0.25) is 0 Å². The molecule has 0 amide bonds. The zero-order chi connectivity index (χ0) is 16.2. The van der Waals surface area contributed by atoms with Gasteiger partial charge in [-0.2, -0.15) is 4.98 Å². The molecular weight excluding hydrogens is 300 g/mol. The first kappa shape index (κ1) is 16.7. The van der Waals surface area contributed by atoms with Crippen LogP contribution < -0.4 is 0 Å². The van der Waals surface area contributed by atoms with Crippen LogP contribution in [-0.2, 0) is 22.0 Å². The third-order valence-corrected chi connectivity index (χ3v) is 5.59. The number of rotatable bonds is 7. The molecule has 1 aromatic carbocycles. The Balaban J connectivity index is 2.13. The van der Waals surface area contributed by atoms with Gasteiger partial charge in [0.15, 0.2) is 15.7 Å². The van der Waals surface area contributed by atoms with Crippen molar-refractivity contribution in [3.05, 3.63) is 47.1 Å². The topological polar surface area (TPSA) is 73.1 Å². The highest BCUT2D eigenvalue weighted by molar-refractivity contribution is 7.90. The van der Waals surface area contributed by atoms with Crippen molar-refractivity contribution in [1.29, 1.82) is 0 Å². The van der Waals surface area contributed by atoms with Crippen LogP contribution in [0.3, 0.4) is 0 Å². The molecule has 2 aromatic rings. The van der Waals surface area contributed by atoms with Crippen LogP contribution in [0.15, 0.2) is 28.8 Å². The minimum atomic E-state index is -3.39. The van der Waals surface area contributed by atoms with E-state index in [0.29, 0.717) is 12.2 Å². The lowest BCUT2D eigenvalue weighted by Crippen LogP contribution is -2.13. The molecule has 0 aliphatic carbocycles. The number of hydrogen-bond donors (Lipinski definition) is 0. The van der Waals surface area contributed by atoms with Crippen LogP contribution in [0, 0.1) is 6.92 Å². The molecule has 1 unspecified atom stereocenters. The summed E-state index contributed by atoms with van der Waals surface area (Å²) in [5.74, 6) is 0.732. The Morgan fingerprint density at radius 2 is 2.09 bits per heavy atom. The van der Waals surface area contributed by atoms with Crippen LogP contribution in [0.4, 0.5) is 0 Å². The van der Waals surface area contributed by atoms with E-state index in [1.165, 1.54) is 0 Å². The van der Waals surface area contributed by atoms with Crippen molar-refractivity contribution in [2.45, 2.75) is 51.0 Å². The summed E-state index contributed by atoms with van der Waals surface area (Å²) in [6.45, 7) is 5.62. The number of hydrogen-bond acceptors (Lipinski definition) is 5. The van der Waals surface area contributed by atoms with E-state index >= 15 is 0 Å². The van der Waals surface area contributed by atoms with Gasteiger partial charge in [-0.05, 0) is 25.8 Å². The highest BCUT2D eigenvalue weighted by Gasteiger charge is 2.28.